The predicted octanol–water partition coefficient (Wildman–Crippen LogP) is 5.44. The Balaban J connectivity index is 1.53. The summed E-state index contributed by atoms with van der Waals surface area (Å²) in [6, 6.07) is 12.0. The fourth-order valence-corrected chi connectivity index (χ4v) is 3.57. The average Bonchev–Trinajstić information content (AvgIpc) is 3.16. The third-order valence-electron chi connectivity index (χ3n) is 5.10. The first kappa shape index (κ1) is 20.0. The molecule has 3 aromatic rings. The van der Waals surface area contributed by atoms with Crippen molar-refractivity contribution in [2.24, 2.45) is 0 Å². The minimum absolute atomic E-state index is 0.0699. The number of rotatable bonds is 5. The van der Waals surface area contributed by atoms with E-state index in [0.29, 0.717) is 11.3 Å². The molecule has 1 aliphatic carbocycles. The van der Waals surface area contributed by atoms with Gasteiger partial charge in [0.05, 0.1) is 12.1 Å². The highest BCUT2D eigenvalue weighted by atomic mass is 19.4. The van der Waals surface area contributed by atoms with E-state index in [1.165, 1.54) is 12.1 Å². The van der Waals surface area contributed by atoms with E-state index in [4.69, 9.17) is 4.52 Å². The molecule has 5 nitrogen and oxygen atoms in total. The molecule has 30 heavy (non-hydrogen) atoms. The summed E-state index contributed by atoms with van der Waals surface area (Å²) in [7, 11) is 0. The van der Waals surface area contributed by atoms with Crippen LogP contribution in [0.4, 0.5) is 24.5 Å². The van der Waals surface area contributed by atoms with Crippen molar-refractivity contribution in [3.8, 4) is 0 Å². The van der Waals surface area contributed by atoms with Gasteiger partial charge in [0.1, 0.15) is 11.5 Å². The number of alkyl halides is 3. The van der Waals surface area contributed by atoms with Crippen LogP contribution in [0.3, 0.4) is 0 Å². The molecule has 0 bridgehead atoms. The van der Waals surface area contributed by atoms with Gasteiger partial charge in [0, 0.05) is 28.9 Å². The highest BCUT2D eigenvalue weighted by molar-refractivity contribution is 6.04. The normalized spacial score (nSPS) is 13.6. The minimum atomic E-state index is -4.58. The molecule has 0 unspecified atom stereocenters. The lowest BCUT2D eigenvalue weighted by molar-refractivity contribution is -0.136. The second-order valence-corrected chi connectivity index (χ2v) is 7.17. The van der Waals surface area contributed by atoms with Gasteiger partial charge in [0.25, 0.3) is 5.91 Å². The highest BCUT2D eigenvalue weighted by Gasteiger charge is 2.34. The first-order valence-electron chi connectivity index (χ1n) is 9.69. The summed E-state index contributed by atoms with van der Waals surface area (Å²) >= 11 is 0. The summed E-state index contributed by atoms with van der Waals surface area (Å²) in [5.74, 6) is 0.353. The number of fused-ring (bicyclic) bond motifs is 1. The Kier molecular flexibility index (Phi) is 5.48. The fourth-order valence-electron chi connectivity index (χ4n) is 3.57. The minimum Gasteiger partial charge on any atom is -0.379 e. The summed E-state index contributed by atoms with van der Waals surface area (Å²) < 4.78 is 46.2. The maximum atomic E-state index is 13.6. The van der Waals surface area contributed by atoms with E-state index in [0.717, 1.165) is 43.1 Å². The Labute approximate surface area is 171 Å². The summed E-state index contributed by atoms with van der Waals surface area (Å²) in [4.78, 5) is 12.3. The lowest BCUT2D eigenvalue weighted by Crippen LogP contribution is -2.15. The van der Waals surface area contributed by atoms with E-state index in [-0.39, 0.29) is 17.9 Å². The maximum absolute atomic E-state index is 13.6. The second kappa shape index (κ2) is 8.22. The number of hydrogen-bond acceptors (Lipinski definition) is 4. The van der Waals surface area contributed by atoms with Crippen molar-refractivity contribution in [1.29, 1.82) is 0 Å². The van der Waals surface area contributed by atoms with Crippen molar-refractivity contribution < 1.29 is 22.5 Å². The topological polar surface area (TPSA) is 67.2 Å². The van der Waals surface area contributed by atoms with Crippen LogP contribution >= 0.6 is 0 Å². The summed E-state index contributed by atoms with van der Waals surface area (Å²) in [6.07, 6.45) is -0.897. The number of halogens is 3. The summed E-state index contributed by atoms with van der Waals surface area (Å²) in [5.41, 5.74) is 1.14. The van der Waals surface area contributed by atoms with Gasteiger partial charge < -0.3 is 15.2 Å². The molecule has 0 spiro atoms. The van der Waals surface area contributed by atoms with Gasteiger partial charge in [-0.25, -0.2) is 0 Å². The van der Waals surface area contributed by atoms with E-state index < -0.39 is 17.6 Å². The molecule has 0 radical (unpaired) electrons. The van der Waals surface area contributed by atoms with E-state index in [2.05, 4.69) is 15.8 Å². The smallest absolute Gasteiger partial charge is 0.379 e. The first-order chi connectivity index (χ1) is 14.4. The number of aryl methyl sites for hydroxylation is 1. The Morgan fingerprint density at radius 1 is 1.07 bits per heavy atom. The predicted molar refractivity (Wildman–Crippen MR) is 106 cm³/mol. The lowest BCUT2D eigenvalue weighted by Gasteiger charge is -2.16. The van der Waals surface area contributed by atoms with Crippen LogP contribution in [-0.4, -0.2) is 11.1 Å². The Bertz CT molecular complexity index is 1050. The number of nitrogens with zero attached hydrogens (tertiary/aromatic N) is 1. The maximum Gasteiger partial charge on any atom is 0.418 e. The summed E-state index contributed by atoms with van der Waals surface area (Å²) in [6.45, 7) is 0.137. The molecule has 0 atom stereocenters. The average molecular weight is 415 g/mol. The quantitative estimate of drug-likeness (QED) is 0.583. The molecule has 2 aromatic carbocycles. The molecular weight excluding hydrogens is 395 g/mol. The number of nitrogens with one attached hydrogen (secondary N) is 2. The van der Waals surface area contributed by atoms with Gasteiger partial charge in [0.15, 0.2) is 0 Å². The largest absolute Gasteiger partial charge is 0.418 e. The number of benzene rings is 2. The standard InChI is InChI=1S/C22H20F3N3O2/c23-22(24,25)17-12-15(27-21(29)14-6-2-1-3-7-14)10-11-18(17)26-13-19-16-8-4-5-9-20(16)30-28-19/h1-3,6-7,10-12,26H,4-5,8-9,13H2,(H,27,29). The SMILES string of the molecule is O=C(Nc1ccc(NCc2noc3c2CCCC3)c(C(F)(F)F)c1)c1ccccc1. The number of anilines is 2. The van der Waals surface area contributed by atoms with Gasteiger partial charge in [-0.05, 0) is 49.6 Å². The van der Waals surface area contributed by atoms with Crippen LogP contribution in [0.15, 0.2) is 53.1 Å². The van der Waals surface area contributed by atoms with E-state index in [9.17, 15) is 18.0 Å². The molecule has 0 aliphatic heterocycles. The van der Waals surface area contributed by atoms with Crippen molar-refractivity contribution >= 4 is 17.3 Å². The van der Waals surface area contributed by atoms with Crippen LogP contribution in [0.5, 0.6) is 0 Å². The zero-order valence-electron chi connectivity index (χ0n) is 16.1. The molecule has 1 aromatic heterocycles. The molecule has 0 fully saturated rings. The highest BCUT2D eigenvalue weighted by Crippen LogP contribution is 2.37. The molecule has 0 saturated carbocycles. The number of carbonyl (C=O) groups is 1. The lowest BCUT2D eigenvalue weighted by atomic mass is 9.96. The van der Waals surface area contributed by atoms with Crippen molar-refractivity contribution in [3.63, 3.8) is 0 Å². The molecule has 0 saturated heterocycles. The molecule has 156 valence electrons. The van der Waals surface area contributed by atoms with Gasteiger partial charge in [-0.2, -0.15) is 13.2 Å². The third kappa shape index (κ3) is 4.32. The molecule has 4 rings (SSSR count). The fraction of sp³-hybridized carbons (Fsp3) is 0.273. The summed E-state index contributed by atoms with van der Waals surface area (Å²) in [5, 5.41) is 9.36. The molecule has 8 heteroatoms. The zero-order chi connectivity index (χ0) is 21.1. The molecule has 1 heterocycles. The van der Waals surface area contributed by atoms with Gasteiger partial charge in [-0.3, -0.25) is 4.79 Å². The van der Waals surface area contributed by atoms with Gasteiger partial charge in [0.2, 0.25) is 0 Å². The van der Waals surface area contributed by atoms with Gasteiger partial charge in [-0.15, -0.1) is 0 Å². The Morgan fingerprint density at radius 3 is 2.60 bits per heavy atom. The number of aromatic nitrogens is 1. The second-order valence-electron chi connectivity index (χ2n) is 7.17. The van der Waals surface area contributed by atoms with Crippen molar-refractivity contribution in [2.75, 3.05) is 10.6 Å². The zero-order valence-corrected chi connectivity index (χ0v) is 16.1. The van der Waals surface area contributed by atoms with Crippen LogP contribution < -0.4 is 10.6 Å². The van der Waals surface area contributed by atoms with E-state index in [1.807, 2.05) is 0 Å². The van der Waals surface area contributed by atoms with Crippen molar-refractivity contribution in [3.05, 3.63) is 76.7 Å². The number of hydrogen-bond donors (Lipinski definition) is 2. The van der Waals surface area contributed by atoms with Gasteiger partial charge in [-0.1, -0.05) is 23.4 Å². The van der Waals surface area contributed by atoms with Crippen LogP contribution in [0, 0.1) is 0 Å². The Hall–Kier alpha value is -3.29. The van der Waals surface area contributed by atoms with Crippen LogP contribution in [0.1, 0.15) is 45.8 Å². The molecule has 1 aliphatic rings. The van der Waals surface area contributed by atoms with Crippen LogP contribution in [0.2, 0.25) is 0 Å². The van der Waals surface area contributed by atoms with E-state index >= 15 is 0 Å². The molecular formula is C22H20F3N3O2. The third-order valence-corrected chi connectivity index (χ3v) is 5.10. The number of carbonyl (C=O) groups excluding carboxylic acids is 1. The van der Waals surface area contributed by atoms with Crippen molar-refractivity contribution in [1.82, 2.24) is 5.16 Å². The molecule has 2 N–H and O–H groups in total. The van der Waals surface area contributed by atoms with Crippen LogP contribution in [-0.2, 0) is 25.6 Å². The molecule has 1 amide bonds. The van der Waals surface area contributed by atoms with Gasteiger partial charge >= 0.3 is 6.18 Å². The Morgan fingerprint density at radius 2 is 1.83 bits per heavy atom. The van der Waals surface area contributed by atoms with Crippen molar-refractivity contribution in [2.45, 2.75) is 38.4 Å². The van der Waals surface area contributed by atoms with E-state index in [1.54, 1.807) is 30.3 Å². The first-order valence-corrected chi connectivity index (χ1v) is 9.69. The monoisotopic (exact) mass is 415 g/mol. The van der Waals surface area contributed by atoms with Crippen LogP contribution in [0.25, 0.3) is 0 Å². The number of amides is 1.